The summed E-state index contributed by atoms with van der Waals surface area (Å²) in [6, 6.07) is 16.8. The van der Waals surface area contributed by atoms with E-state index in [2.05, 4.69) is 23.1 Å². The molecule has 32 heavy (non-hydrogen) atoms. The summed E-state index contributed by atoms with van der Waals surface area (Å²) in [5.74, 6) is 0.912. The summed E-state index contributed by atoms with van der Waals surface area (Å²) in [4.78, 5) is 16.3. The van der Waals surface area contributed by atoms with Crippen molar-refractivity contribution in [3.63, 3.8) is 0 Å². The van der Waals surface area contributed by atoms with Gasteiger partial charge in [-0.2, -0.15) is 0 Å². The van der Waals surface area contributed by atoms with Crippen LogP contribution in [0.3, 0.4) is 0 Å². The van der Waals surface area contributed by atoms with Crippen LogP contribution in [0.25, 0.3) is 0 Å². The number of ether oxygens (including phenoxy) is 2. The Balaban J connectivity index is 1.37. The first-order valence-electron chi connectivity index (χ1n) is 11.8. The quantitative estimate of drug-likeness (QED) is 0.734. The lowest BCUT2D eigenvalue weighted by atomic mass is 9.98. The number of hydrogen-bond donors (Lipinski definition) is 1. The topological polar surface area (TPSA) is 62.2 Å². The van der Waals surface area contributed by atoms with Crippen LogP contribution in [0.5, 0.6) is 5.75 Å². The van der Waals surface area contributed by atoms with Crippen molar-refractivity contribution in [2.75, 3.05) is 32.8 Å². The van der Waals surface area contributed by atoms with Gasteiger partial charge in [-0.1, -0.05) is 36.4 Å². The van der Waals surface area contributed by atoms with Crippen molar-refractivity contribution in [2.45, 2.75) is 51.3 Å². The number of amides is 1. The van der Waals surface area contributed by atoms with Crippen LogP contribution in [0.2, 0.25) is 0 Å². The Hall–Kier alpha value is -2.57. The van der Waals surface area contributed by atoms with Gasteiger partial charge in [0.2, 0.25) is 0 Å². The minimum atomic E-state index is -0.495. The minimum absolute atomic E-state index is 0.204. The fourth-order valence-corrected chi connectivity index (χ4v) is 4.70. The average Bonchev–Trinajstić information content (AvgIpc) is 3.05. The molecule has 1 N–H and O–H groups in total. The number of aliphatic hydroxyl groups is 1. The molecular formula is C26H34N2O4. The Morgan fingerprint density at radius 2 is 1.94 bits per heavy atom. The fourth-order valence-electron chi connectivity index (χ4n) is 4.70. The average molecular weight is 439 g/mol. The van der Waals surface area contributed by atoms with E-state index in [9.17, 15) is 9.90 Å². The van der Waals surface area contributed by atoms with Crippen molar-refractivity contribution in [3.05, 3.63) is 65.2 Å². The van der Waals surface area contributed by atoms with Crippen LogP contribution in [0, 0.1) is 0 Å². The zero-order valence-corrected chi connectivity index (χ0v) is 18.9. The van der Waals surface area contributed by atoms with Crippen LogP contribution in [-0.4, -0.2) is 59.9 Å². The number of aliphatic hydroxyl groups excluding tert-OH is 1. The third-order valence-electron chi connectivity index (χ3n) is 6.53. The Labute approximate surface area is 190 Å². The maximum Gasteiger partial charge on any atom is 0.409 e. The highest BCUT2D eigenvalue weighted by Gasteiger charge is 2.29. The number of aryl methyl sites for hydroxylation is 1. The summed E-state index contributed by atoms with van der Waals surface area (Å²) in [6.45, 7) is 6.03. The van der Waals surface area contributed by atoms with Crippen molar-refractivity contribution < 1.29 is 19.4 Å². The molecule has 1 fully saturated rings. The Morgan fingerprint density at radius 1 is 1.16 bits per heavy atom. The molecule has 0 aromatic heterocycles. The molecule has 0 spiro atoms. The third kappa shape index (κ3) is 5.61. The Kier molecular flexibility index (Phi) is 7.66. The standard InChI is InChI=1S/C26H34N2O4/c1-2-31-26(30)27-14-12-23(13-15-27)28-16-17-32-25-11-9-21(18-22(25)19-28)24(29)10-8-20-6-4-3-5-7-20/h3-7,9,11,18,23-24,29H,2,8,10,12-17,19H2,1H3. The summed E-state index contributed by atoms with van der Waals surface area (Å²) in [6.07, 6.45) is 2.72. The van der Waals surface area contributed by atoms with E-state index in [1.807, 2.05) is 42.2 Å². The first-order chi connectivity index (χ1) is 15.6. The molecule has 0 radical (unpaired) electrons. The molecule has 6 nitrogen and oxygen atoms in total. The summed E-state index contributed by atoms with van der Waals surface area (Å²) in [7, 11) is 0. The summed E-state index contributed by atoms with van der Waals surface area (Å²) in [5, 5.41) is 10.8. The molecule has 172 valence electrons. The molecule has 0 saturated carbocycles. The zero-order chi connectivity index (χ0) is 22.3. The predicted molar refractivity (Wildman–Crippen MR) is 124 cm³/mol. The third-order valence-corrected chi connectivity index (χ3v) is 6.53. The van der Waals surface area contributed by atoms with Crippen LogP contribution in [0.15, 0.2) is 48.5 Å². The number of likely N-dealkylation sites (tertiary alicyclic amines) is 1. The first kappa shape index (κ1) is 22.6. The SMILES string of the molecule is CCOC(=O)N1CCC(N2CCOc3ccc(C(O)CCc4ccccc4)cc3C2)CC1. The van der Waals surface area contributed by atoms with Crippen LogP contribution in [0.1, 0.15) is 49.0 Å². The minimum Gasteiger partial charge on any atom is -0.492 e. The molecule has 1 saturated heterocycles. The van der Waals surface area contributed by atoms with Crippen molar-refractivity contribution in [1.82, 2.24) is 9.80 Å². The van der Waals surface area contributed by atoms with Gasteiger partial charge in [-0.05, 0) is 55.9 Å². The molecule has 1 unspecified atom stereocenters. The number of hydrogen-bond acceptors (Lipinski definition) is 5. The second kappa shape index (κ2) is 10.8. The van der Waals surface area contributed by atoms with E-state index in [1.54, 1.807) is 0 Å². The van der Waals surface area contributed by atoms with Gasteiger partial charge in [0.1, 0.15) is 12.4 Å². The van der Waals surface area contributed by atoms with Crippen LogP contribution in [0.4, 0.5) is 4.79 Å². The van der Waals surface area contributed by atoms with E-state index in [4.69, 9.17) is 9.47 Å². The maximum atomic E-state index is 12.0. The number of fused-ring (bicyclic) bond motifs is 1. The predicted octanol–water partition coefficient (Wildman–Crippen LogP) is 4.17. The van der Waals surface area contributed by atoms with E-state index in [0.717, 1.165) is 62.3 Å². The van der Waals surface area contributed by atoms with E-state index < -0.39 is 6.10 Å². The van der Waals surface area contributed by atoms with Crippen molar-refractivity contribution in [1.29, 1.82) is 0 Å². The Bertz CT molecular complexity index is 881. The van der Waals surface area contributed by atoms with Gasteiger partial charge in [-0.3, -0.25) is 4.90 Å². The summed E-state index contributed by atoms with van der Waals surface area (Å²) in [5.41, 5.74) is 3.32. The highest BCUT2D eigenvalue weighted by Crippen LogP contribution is 2.30. The van der Waals surface area contributed by atoms with E-state index in [-0.39, 0.29) is 6.09 Å². The summed E-state index contributed by atoms with van der Waals surface area (Å²) >= 11 is 0. The monoisotopic (exact) mass is 438 g/mol. The van der Waals surface area contributed by atoms with Gasteiger partial charge in [-0.25, -0.2) is 4.79 Å². The van der Waals surface area contributed by atoms with Crippen LogP contribution < -0.4 is 4.74 Å². The fraction of sp³-hybridized carbons (Fsp3) is 0.500. The molecule has 2 aliphatic rings. The number of rotatable bonds is 6. The lowest BCUT2D eigenvalue weighted by Gasteiger charge is -2.37. The lowest BCUT2D eigenvalue weighted by Crippen LogP contribution is -2.47. The van der Waals surface area contributed by atoms with Gasteiger partial charge in [0.25, 0.3) is 0 Å². The molecule has 4 rings (SSSR count). The highest BCUT2D eigenvalue weighted by atomic mass is 16.6. The molecule has 6 heteroatoms. The normalized spacial score (nSPS) is 18.4. The molecule has 1 amide bonds. The van der Waals surface area contributed by atoms with Gasteiger partial charge in [0, 0.05) is 37.8 Å². The van der Waals surface area contributed by atoms with Gasteiger partial charge in [0.15, 0.2) is 0 Å². The molecule has 0 bridgehead atoms. The van der Waals surface area contributed by atoms with Crippen molar-refractivity contribution >= 4 is 6.09 Å². The van der Waals surface area contributed by atoms with Gasteiger partial charge < -0.3 is 19.5 Å². The Morgan fingerprint density at radius 3 is 2.69 bits per heavy atom. The lowest BCUT2D eigenvalue weighted by molar-refractivity contribution is 0.0704. The van der Waals surface area contributed by atoms with Crippen molar-refractivity contribution in [2.24, 2.45) is 0 Å². The number of benzene rings is 2. The van der Waals surface area contributed by atoms with Gasteiger partial charge >= 0.3 is 6.09 Å². The molecule has 2 heterocycles. The summed E-state index contributed by atoms with van der Waals surface area (Å²) < 4.78 is 11.2. The van der Waals surface area contributed by atoms with Gasteiger partial charge in [-0.15, -0.1) is 0 Å². The second-order valence-electron chi connectivity index (χ2n) is 8.64. The smallest absolute Gasteiger partial charge is 0.409 e. The molecule has 2 aliphatic heterocycles. The maximum absolute atomic E-state index is 12.0. The van der Waals surface area contributed by atoms with E-state index in [1.165, 1.54) is 5.56 Å². The number of nitrogens with zero attached hydrogens (tertiary/aromatic N) is 2. The molecule has 2 aromatic rings. The highest BCUT2D eigenvalue weighted by molar-refractivity contribution is 5.67. The zero-order valence-electron chi connectivity index (χ0n) is 18.9. The number of carbonyl (C=O) groups is 1. The molecule has 0 aliphatic carbocycles. The number of piperidine rings is 1. The molecule has 1 atom stereocenters. The molecule has 2 aromatic carbocycles. The van der Waals surface area contributed by atoms with Crippen LogP contribution in [-0.2, 0) is 17.7 Å². The van der Waals surface area contributed by atoms with Crippen LogP contribution >= 0.6 is 0 Å². The first-order valence-corrected chi connectivity index (χ1v) is 11.8. The van der Waals surface area contributed by atoms with E-state index in [0.29, 0.717) is 25.7 Å². The second-order valence-corrected chi connectivity index (χ2v) is 8.64. The van der Waals surface area contributed by atoms with Gasteiger partial charge in [0.05, 0.1) is 12.7 Å². The largest absolute Gasteiger partial charge is 0.492 e. The van der Waals surface area contributed by atoms with E-state index >= 15 is 0 Å². The van der Waals surface area contributed by atoms with Crippen molar-refractivity contribution in [3.8, 4) is 5.75 Å². The molecular weight excluding hydrogens is 404 g/mol. The number of carbonyl (C=O) groups excluding carboxylic acids is 1.